The summed E-state index contributed by atoms with van der Waals surface area (Å²) >= 11 is 1.82. The number of aromatic nitrogens is 2. The molecule has 0 spiro atoms. The number of benzene rings is 3. The van der Waals surface area contributed by atoms with Crippen LogP contribution in [-0.2, 0) is 16.0 Å². The van der Waals surface area contributed by atoms with Gasteiger partial charge >= 0.3 is 0 Å². The monoisotopic (exact) mass is 632 g/mol. The molecule has 0 fully saturated rings. The van der Waals surface area contributed by atoms with Crippen molar-refractivity contribution in [1.82, 2.24) is 14.7 Å². The van der Waals surface area contributed by atoms with Gasteiger partial charge in [0.2, 0.25) is 0 Å². The number of amides is 2. The number of nitriles is 1. The van der Waals surface area contributed by atoms with Gasteiger partial charge in [0.25, 0.3) is 11.8 Å². The van der Waals surface area contributed by atoms with Crippen LogP contribution in [-0.4, -0.2) is 53.0 Å². The van der Waals surface area contributed by atoms with Crippen molar-refractivity contribution < 1.29 is 19.1 Å². The highest BCUT2D eigenvalue weighted by molar-refractivity contribution is 7.99. The molecule has 2 amide bonds. The summed E-state index contributed by atoms with van der Waals surface area (Å²) in [6, 6.07) is 25.5. The first kappa shape index (κ1) is 32.3. The first-order valence-corrected chi connectivity index (χ1v) is 16.2. The number of para-hydroxylation sites is 1. The molecule has 9 heteroatoms. The Kier molecular flexibility index (Phi) is 10.4. The average Bonchev–Trinajstić information content (AvgIpc) is 3.51. The van der Waals surface area contributed by atoms with E-state index in [1.54, 1.807) is 38.0 Å². The van der Waals surface area contributed by atoms with E-state index in [1.165, 1.54) is 4.90 Å². The zero-order valence-corrected chi connectivity index (χ0v) is 27.3. The first-order chi connectivity index (χ1) is 22.4. The minimum absolute atomic E-state index is 0.0522. The van der Waals surface area contributed by atoms with E-state index in [1.807, 2.05) is 78.6 Å². The Morgan fingerprint density at radius 1 is 0.957 bits per heavy atom. The molecule has 0 N–H and O–H groups in total. The lowest BCUT2D eigenvalue weighted by atomic mass is 9.93. The topological polar surface area (TPSA) is 97.4 Å². The number of unbranched alkanes of at least 4 members (excludes halogenated alkanes) is 1. The van der Waals surface area contributed by atoms with Crippen LogP contribution in [0.15, 0.2) is 101 Å². The molecular formula is C37H36N4O4S. The van der Waals surface area contributed by atoms with Crippen molar-refractivity contribution in [1.29, 1.82) is 5.26 Å². The van der Waals surface area contributed by atoms with Crippen LogP contribution < -0.4 is 9.47 Å². The SMILES string of the molecule is CCCCSc1ccc(-c2nn(-c3ccccc3)cc2/C=C2/C(=O)N(CCc3ccc(OC)c(OC)c3)C(=O)C(C#N)=C2C)cc1. The van der Waals surface area contributed by atoms with Gasteiger partial charge in [-0.15, -0.1) is 11.8 Å². The molecule has 0 aliphatic carbocycles. The predicted molar refractivity (Wildman–Crippen MR) is 181 cm³/mol. The second kappa shape index (κ2) is 14.8. The lowest BCUT2D eigenvalue weighted by Gasteiger charge is -2.27. The number of rotatable bonds is 12. The molecular weight excluding hydrogens is 596 g/mol. The number of imide groups is 1. The molecule has 8 nitrogen and oxygen atoms in total. The summed E-state index contributed by atoms with van der Waals surface area (Å²) in [6.45, 7) is 3.93. The van der Waals surface area contributed by atoms with E-state index in [2.05, 4.69) is 19.1 Å². The van der Waals surface area contributed by atoms with E-state index < -0.39 is 11.8 Å². The van der Waals surface area contributed by atoms with Crippen LogP contribution in [0.5, 0.6) is 11.5 Å². The molecule has 0 radical (unpaired) electrons. The molecule has 0 atom stereocenters. The van der Waals surface area contributed by atoms with Crippen molar-refractivity contribution >= 4 is 29.7 Å². The Balaban J connectivity index is 1.52. The normalized spacial score (nSPS) is 14.2. The van der Waals surface area contributed by atoms with E-state index in [9.17, 15) is 14.9 Å². The van der Waals surface area contributed by atoms with Gasteiger partial charge in [-0.2, -0.15) is 10.4 Å². The van der Waals surface area contributed by atoms with Crippen LogP contribution >= 0.6 is 11.8 Å². The maximum Gasteiger partial charge on any atom is 0.271 e. The molecule has 0 bridgehead atoms. The zero-order chi connectivity index (χ0) is 32.6. The van der Waals surface area contributed by atoms with Gasteiger partial charge in [0.15, 0.2) is 11.5 Å². The van der Waals surface area contributed by atoms with Crippen LogP contribution in [0.1, 0.15) is 37.8 Å². The smallest absolute Gasteiger partial charge is 0.271 e. The molecule has 5 rings (SSSR count). The largest absolute Gasteiger partial charge is 0.493 e. The van der Waals surface area contributed by atoms with E-state index in [4.69, 9.17) is 14.6 Å². The predicted octanol–water partition coefficient (Wildman–Crippen LogP) is 7.28. The molecule has 0 unspecified atom stereocenters. The van der Waals surface area contributed by atoms with Crippen molar-refractivity contribution in [2.24, 2.45) is 0 Å². The van der Waals surface area contributed by atoms with Gasteiger partial charge < -0.3 is 9.47 Å². The highest BCUT2D eigenvalue weighted by Crippen LogP contribution is 2.33. The lowest BCUT2D eigenvalue weighted by molar-refractivity contribution is -0.140. The van der Waals surface area contributed by atoms with E-state index in [-0.39, 0.29) is 17.7 Å². The van der Waals surface area contributed by atoms with Gasteiger partial charge in [0, 0.05) is 34.3 Å². The molecule has 4 aromatic rings. The Morgan fingerprint density at radius 2 is 1.70 bits per heavy atom. The fourth-order valence-corrected chi connectivity index (χ4v) is 6.24. The first-order valence-electron chi connectivity index (χ1n) is 15.2. The van der Waals surface area contributed by atoms with Gasteiger partial charge in [-0.25, -0.2) is 4.68 Å². The van der Waals surface area contributed by atoms with E-state index in [0.717, 1.165) is 40.3 Å². The van der Waals surface area contributed by atoms with Crippen LogP contribution in [0.2, 0.25) is 0 Å². The number of carbonyl (C=O) groups is 2. The highest BCUT2D eigenvalue weighted by atomic mass is 32.2. The molecule has 234 valence electrons. The number of ether oxygens (including phenoxy) is 2. The third kappa shape index (κ3) is 6.93. The summed E-state index contributed by atoms with van der Waals surface area (Å²) in [6.07, 6.45) is 6.31. The van der Waals surface area contributed by atoms with Crippen molar-refractivity contribution in [3.63, 3.8) is 0 Å². The quantitative estimate of drug-likeness (QED) is 0.0701. The summed E-state index contributed by atoms with van der Waals surface area (Å²) in [4.78, 5) is 29.7. The third-order valence-electron chi connectivity index (χ3n) is 7.85. The molecule has 0 saturated carbocycles. The molecule has 46 heavy (non-hydrogen) atoms. The average molecular weight is 633 g/mol. The number of hydrogen-bond donors (Lipinski definition) is 0. The van der Waals surface area contributed by atoms with Gasteiger partial charge in [-0.05, 0) is 79.1 Å². The van der Waals surface area contributed by atoms with Crippen LogP contribution in [0.4, 0.5) is 0 Å². The van der Waals surface area contributed by atoms with Crippen molar-refractivity contribution in [2.75, 3.05) is 26.5 Å². The summed E-state index contributed by atoms with van der Waals surface area (Å²) in [7, 11) is 3.12. The lowest BCUT2D eigenvalue weighted by Crippen LogP contribution is -2.43. The molecule has 1 aliphatic rings. The van der Waals surface area contributed by atoms with E-state index >= 15 is 0 Å². The summed E-state index contributed by atoms with van der Waals surface area (Å²) < 4.78 is 12.5. The number of nitrogens with zero attached hydrogens (tertiary/aromatic N) is 4. The minimum Gasteiger partial charge on any atom is -0.493 e. The molecule has 2 heterocycles. The molecule has 0 saturated heterocycles. The van der Waals surface area contributed by atoms with Crippen molar-refractivity contribution in [3.8, 4) is 34.5 Å². The minimum atomic E-state index is -0.598. The fraction of sp³-hybridized carbons (Fsp3) is 0.243. The molecule has 3 aromatic carbocycles. The fourth-order valence-electron chi connectivity index (χ4n) is 5.24. The number of carbonyl (C=O) groups excluding carboxylic acids is 2. The van der Waals surface area contributed by atoms with Crippen LogP contribution in [0.3, 0.4) is 0 Å². The second-order valence-electron chi connectivity index (χ2n) is 10.8. The Labute approximate surface area is 273 Å². The van der Waals surface area contributed by atoms with Crippen LogP contribution in [0, 0.1) is 11.3 Å². The number of thioether (sulfide) groups is 1. The molecule has 1 aliphatic heterocycles. The third-order valence-corrected chi connectivity index (χ3v) is 8.95. The second-order valence-corrected chi connectivity index (χ2v) is 12.0. The van der Waals surface area contributed by atoms with Gasteiger partial charge in [-0.1, -0.05) is 49.7 Å². The Hall–Kier alpha value is -5.07. The highest BCUT2D eigenvalue weighted by Gasteiger charge is 2.35. The molecule has 1 aromatic heterocycles. The Bertz CT molecular complexity index is 1840. The van der Waals surface area contributed by atoms with Gasteiger partial charge in [-0.3, -0.25) is 14.5 Å². The maximum absolute atomic E-state index is 14.0. The standard InChI is InChI=1S/C37H36N4O4S/c1-5-6-20-46-30-15-13-27(14-16-30)35-28(24-41(39-35)29-10-8-7-9-11-29)22-31-25(2)32(23-38)37(43)40(36(31)42)19-18-26-12-17-33(44-3)34(21-26)45-4/h7-17,21-22,24H,5-6,18-20H2,1-4H3/b31-22+. The Morgan fingerprint density at radius 3 is 2.37 bits per heavy atom. The summed E-state index contributed by atoms with van der Waals surface area (Å²) in [5.74, 6) is 1.15. The number of methoxy groups -OCH3 is 2. The van der Waals surface area contributed by atoms with Crippen molar-refractivity contribution in [2.45, 2.75) is 38.0 Å². The van der Waals surface area contributed by atoms with Crippen LogP contribution in [0.25, 0.3) is 23.0 Å². The van der Waals surface area contributed by atoms with E-state index in [0.29, 0.717) is 34.8 Å². The summed E-state index contributed by atoms with van der Waals surface area (Å²) in [5.41, 5.74) is 4.59. The summed E-state index contributed by atoms with van der Waals surface area (Å²) in [5, 5.41) is 14.9. The van der Waals surface area contributed by atoms with Gasteiger partial charge in [0.05, 0.1) is 25.6 Å². The van der Waals surface area contributed by atoms with Gasteiger partial charge in [0.1, 0.15) is 11.6 Å². The van der Waals surface area contributed by atoms with Crippen molar-refractivity contribution in [3.05, 3.63) is 107 Å². The number of hydrogen-bond acceptors (Lipinski definition) is 7. The zero-order valence-electron chi connectivity index (χ0n) is 26.4. The maximum atomic E-state index is 14.0.